The number of piperazine rings is 1. The van der Waals surface area contributed by atoms with Crippen LogP contribution in [-0.2, 0) is 10.0 Å². The van der Waals surface area contributed by atoms with Gasteiger partial charge in [-0.3, -0.25) is 4.79 Å². The fourth-order valence-corrected chi connectivity index (χ4v) is 2.69. The maximum Gasteiger partial charge on any atom is 0.374 e. The van der Waals surface area contributed by atoms with Gasteiger partial charge in [0.15, 0.2) is 5.69 Å². The van der Waals surface area contributed by atoms with E-state index in [0.717, 1.165) is 12.3 Å². The van der Waals surface area contributed by atoms with Gasteiger partial charge in [-0.25, -0.2) is 13.2 Å². The molecule has 1 saturated heterocycles. The standard InChI is InChI=1S/C10H13N3O6S/c1-20(17,18)13-4-2-12(3-5-13)9(14)7-6-8(10(15)16)19-11-7/h6H,2-5H2,1H3,(H,15,16). The van der Waals surface area contributed by atoms with Crippen molar-refractivity contribution in [2.45, 2.75) is 0 Å². The smallest absolute Gasteiger partial charge is 0.374 e. The molecule has 0 unspecified atom stereocenters. The maximum absolute atomic E-state index is 12.0. The van der Waals surface area contributed by atoms with Crippen LogP contribution in [0.2, 0.25) is 0 Å². The molecule has 0 spiro atoms. The topological polar surface area (TPSA) is 121 Å². The number of hydrogen-bond acceptors (Lipinski definition) is 6. The zero-order valence-corrected chi connectivity index (χ0v) is 11.5. The summed E-state index contributed by atoms with van der Waals surface area (Å²) < 4.78 is 28.5. The Balaban J connectivity index is 2.03. The third kappa shape index (κ3) is 2.96. The lowest BCUT2D eigenvalue weighted by Gasteiger charge is -2.32. The molecule has 2 rings (SSSR count). The number of carboxylic acids is 1. The number of aromatic carboxylic acids is 1. The monoisotopic (exact) mass is 303 g/mol. The summed E-state index contributed by atoms with van der Waals surface area (Å²) in [6.07, 6.45) is 1.11. The lowest BCUT2D eigenvalue weighted by Crippen LogP contribution is -2.50. The van der Waals surface area contributed by atoms with Crippen molar-refractivity contribution in [3.05, 3.63) is 17.5 Å². The summed E-state index contributed by atoms with van der Waals surface area (Å²) in [6.45, 7) is 0.852. The van der Waals surface area contributed by atoms with Crippen molar-refractivity contribution < 1.29 is 27.6 Å². The van der Waals surface area contributed by atoms with Crippen LogP contribution in [0.1, 0.15) is 21.0 Å². The molecule has 1 N–H and O–H groups in total. The fourth-order valence-electron chi connectivity index (χ4n) is 1.86. The van der Waals surface area contributed by atoms with Gasteiger partial charge in [0.05, 0.1) is 6.26 Å². The molecular formula is C10H13N3O6S. The molecule has 0 atom stereocenters. The Hall–Kier alpha value is -1.94. The third-order valence-electron chi connectivity index (χ3n) is 2.93. The first-order valence-electron chi connectivity index (χ1n) is 5.73. The van der Waals surface area contributed by atoms with E-state index in [1.165, 1.54) is 9.21 Å². The molecule has 1 aliphatic rings. The van der Waals surface area contributed by atoms with E-state index in [0.29, 0.717) is 0 Å². The van der Waals surface area contributed by atoms with Crippen molar-refractivity contribution in [1.82, 2.24) is 14.4 Å². The van der Waals surface area contributed by atoms with Gasteiger partial charge in [-0.05, 0) is 0 Å². The summed E-state index contributed by atoms with van der Waals surface area (Å²) in [6, 6.07) is 1.05. The molecule has 110 valence electrons. The molecule has 2 heterocycles. The molecule has 0 saturated carbocycles. The number of nitrogens with zero attached hydrogens (tertiary/aromatic N) is 3. The first-order valence-corrected chi connectivity index (χ1v) is 7.58. The van der Waals surface area contributed by atoms with Crippen LogP contribution in [-0.4, -0.2) is 72.2 Å². The molecule has 1 amide bonds. The van der Waals surface area contributed by atoms with Gasteiger partial charge in [-0.2, -0.15) is 4.31 Å². The van der Waals surface area contributed by atoms with Crippen LogP contribution in [0.3, 0.4) is 0 Å². The first kappa shape index (κ1) is 14.5. The normalized spacial score (nSPS) is 17.1. The maximum atomic E-state index is 12.0. The summed E-state index contributed by atoms with van der Waals surface area (Å²) in [5.74, 6) is -2.20. The van der Waals surface area contributed by atoms with Gasteiger partial charge >= 0.3 is 5.97 Å². The van der Waals surface area contributed by atoms with E-state index in [-0.39, 0.29) is 31.9 Å². The Morgan fingerprint density at radius 1 is 1.30 bits per heavy atom. The average Bonchev–Trinajstić information content (AvgIpc) is 2.86. The number of carboxylic acid groups (broad SMARTS) is 1. The predicted octanol–water partition coefficient (Wildman–Crippen LogP) is -0.910. The lowest BCUT2D eigenvalue weighted by molar-refractivity contribution is 0.0644. The van der Waals surface area contributed by atoms with Crippen LogP contribution in [0.4, 0.5) is 0 Å². The summed E-state index contributed by atoms with van der Waals surface area (Å²) >= 11 is 0. The Bertz CT molecular complexity index is 629. The van der Waals surface area contributed by atoms with Crippen molar-refractivity contribution in [3.63, 3.8) is 0 Å². The Morgan fingerprint density at radius 2 is 1.90 bits per heavy atom. The number of carbonyl (C=O) groups is 2. The van der Waals surface area contributed by atoms with Crippen molar-refractivity contribution >= 4 is 21.9 Å². The van der Waals surface area contributed by atoms with E-state index < -0.39 is 27.7 Å². The first-order chi connectivity index (χ1) is 9.29. The van der Waals surface area contributed by atoms with Crippen molar-refractivity contribution in [2.24, 2.45) is 0 Å². The molecule has 1 aromatic rings. The van der Waals surface area contributed by atoms with Gasteiger partial charge in [0.25, 0.3) is 5.91 Å². The molecule has 0 aromatic carbocycles. The van der Waals surface area contributed by atoms with E-state index in [9.17, 15) is 18.0 Å². The van der Waals surface area contributed by atoms with Crippen LogP contribution < -0.4 is 0 Å². The fraction of sp³-hybridized carbons (Fsp3) is 0.500. The van der Waals surface area contributed by atoms with E-state index in [4.69, 9.17) is 5.11 Å². The number of amides is 1. The number of carbonyl (C=O) groups excluding carboxylic acids is 1. The second kappa shape index (κ2) is 5.21. The van der Waals surface area contributed by atoms with E-state index in [2.05, 4.69) is 9.68 Å². The molecule has 0 radical (unpaired) electrons. The molecule has 9 nitrogen and oxygen atoms in total. The highest BCUT2D eigenvalue weighted by Gasteiger charge is 2.28. The van der Waals surface area contributed by atoms with Gasteiger partial charge < -0.3 is 14.5 Å². The molecule has 10 heteroatoms. The second-order valence-corrected chi connectivity index (χ2v) is 6.32. The van der Waals surface area contributed by atoms with E-state index in [1.807, 2.05) is 0 Å². The zero-order chi connectivity index (χ0) is 14.9. The minimum absolute atomic E-state index is 0.102. The second-order valence-electron chi connectivity index (χ2n) is 4.34. The molecule has 20 heavy (non-hydrogen) atoms. The summed E-state index contributed by atoms with van der Waals surface area (Å²) in [4.78, 5) is 24.1. The largest absolute Gasteiger partial charge is 0.475 e. The predicted molar refractivity (Wildman–Crippen MR) is 65.8 cm³/mol. The number of rotatable bonds is 3. The number of aromatic nitrogens is 1. The zero-order valence-electron chi connectivity index (χ0n) is 10.6. The Kier molecular flexibility index (Phi) is 3.77. The van der Waals surface area contributed by atoms with Crippen LogP contribution in [0.25, 0.3) is 0 Å². The summed E-state index contributed by atoms with van der Waals surface area (Å²) in [5, 5.41) is 12.1. The molecule has 0 bridgehead atoms. The highest BCUT2D eigenvalue weighted by Crippen LogP contribution is 2.11. The molecular weight excluding hydrogens is 290 g/mol. The quantitative estimate of drug-likeness (QED) is 0.767. The van der Waals surface area contributed by atoms with Gasteiger partial charge in [-0.15, -0.1) is 0 Å². The minimum Gasteiger partial charge on any atom is -0.475 e. The Labute approximate surface area is 114 Å². The van der Waals surface area contributed by atoms with Crippen molar-refractivity contribution in [3.8, 4) is 0 Å². The van der Waals surface area contributed by atoms with Crippen molar-refractivity contribution in [2.75, 3.05) is 32.4 Å². The molecule has 0 aliphatic carbocycles. The van der Waals surface area contributed by atoms with Crippen molar-refractivity contribution in [1.29, 1.82) is 0 Å². The van der Waals surface area contributed by atoms with E-state index >= 15 is 0 Å². The van der Waals surface area contributed by atoms with Crippen LogP contribution in [0.5, 0.6) is 0 Å². The SMILES string of the molecule is CS(=O)(=O)N1CCN(C(=O)c2cc(C(=O)O)on2)CC1. The number of hydrogen-bond donors (Lipinski definition) is 1. The Morgan fingerprint density at radius 3 is 2.35 bits per heavy atom. The van der Waals surface area contributed by atoms with Crippen LogP contribution >= 0.6 is 0 Å². The molecule has 1 aromatic heterocycles. The molecule has 1 fully saturated rings. The minimum atomic E-state index is -3.26. The number of sulfonamides is 1. The van der Waals surface area contributed by atoms with Crippen LogP contribution in [0, 0.1) is 0 Å². The average molecular weight is 303 g/mol. The van der Waals surface area contributed by atoms with Gasteiger partial charge in [0.2, 0.25) is 15.8 Å². The molecule has 1 aliphatic heterocycles. The van der Waals surface area contributed by atoms with E-state index in [1.54, 1.807) is 0 Å². The lowest BCUT2D eigenvalue weighted by atomic mass is 10.3. The highest BCUT2D eigenvalue weighted by molar-refractivity contribution is 7.88. The van der Waals surface area contributed by atoms with Gasteiger partial charge in [-0.1, -0.05) is 5.16 Å². The van der Waals surface area contributed by atoms with Gasteiger partial charge in [0.1, 0.15) is 0 Å². The summed E-state index contributed by atoms with van der Waals surface area (Å²) in [7, 11) is -3.26. The van der Waals surface area contributed by atoms with Crippen LogP contribution in [0.15, 0.2) is 10.6 Å². The van der Waals surface area contributed by atoms with Gasteiger partial charge in [0, 0.05) is 32.2 Å². The highest BCUT2D eigenvalue weighted by atomic mass is 32.2. The third-order valence-corrected chi connectivity index (χ3v) is 4.24. The summed E-state index contributed by atoms with van der Waals surface area (Å²) in [5.41, 5.74) is -0.102.